The normalized spacial score (nSPS) is 25.8. The minimum absolute atomic E-state index is 0.0246. The van der Waals surface area contributed by atoms with Gasteiger partial charge in [0.1, 0.15) is 0 Å². The van der Waals surface area contributed by atoms with Gasteiger partial charge in [0.05, 0.1) is 10.6 Å². The molecule has 2 saturated heterocycles. The van der Waals surface area contributed by atoms with Crippen LogP contribution in [0.15, 0.2) is 70.2 Å². The zero-order valence-corrected chi connectivity index (χ0v) is 22.0. The first-order valence-corrected chi connectivity index (χ1v) is 13.9. The van der Waals surface area contributed by atoms with E-state index in [1.54, 1.807) is 19.1 Å². The number of alkyl halides is 1. The molecule has 0 radical (unpaired) electrons. The number of nitrogens with two attached hydrogens (primary N) is 1. The second-order valence-corrected chi connectivity index (χ2v) is 11.6. The lowest BCUT2D eigenvalue weighted by Gasteiger charge is -2.44. The van der Waals surface area contributed by atoms with Crippen LogP contribution in [0.2, 0.25) is 0 Å². The van der Waals surface area contributed by atoms with E-state index in [1.165, 1.54) is 33.2 Å². The van der Waals surface area contributed by atoms with Gasteiger partial charge in [-0.1, -0.05) is 34.8 Å². The van der Waals surface area contributed by atoms with E-state index in [1.807, 2.05) is 30.3 Å². The maximum absolute atomic E-state index is 16.1. The van der Waals surface area contributed by atoms with Gasteiger partial charge in [-0.25, -0.2) is 18.3 Å². The highest BCUT2D eigenvalue weighted by molar-refractivity contribution is 7.89. The summed E-state index contributed by atoms with van der Waals surface area (Å²) in [5.41, 5.74) is 8.13. The van der Waals surface area contributed by atoms with Gasteiger partial charge in [-0.05, 0) is 43.7 Å². The lowest BCUT2D eigenvalue weighted by molar-refractivity contribution is -0.221. The molecule has 3 aliphatic heterocycles. The highest BCUT2D eigenvalue weighted by atomic mass is 32.2. The molecule has 0 spiro atoms. The summed E-state index contributed by atoms with van der Waals surface area (Å²) in [5, 5.41) is 0.0246. The SMILES string of the molecule is CC1=NC(F)(N2CCN(S(=O)(=O)c3ccc(N4CC(N)CC4=O)cc3)CC2)N(F)C(C)=C1c1ccccc1. The van der Waals surface area contributed by atoms with Crippen molar-refractivity contribution in [1.29, 1.82) is 0 Å². The van der Waals surface area contributed by atoms with Gasteiger partial charge in [0.25, 0.3) is 0 Å². The zero-order chi connectivity index (χ0) is 27.2. The average Bonchev–Trinajstić information content (AvgIpc) is 3.25. The Morgan fingerprint density at radius 2 is 1.63 bits per heavy atom. The third kappa shape index (κ3) is 4.51. The fourth-order valence-electron chi connectivity index (χ4n) is 5.25. The van der Waals surface area contributed by atoms with Gasteiger partial charge >= 0.3 is 6.04 Å². The van der Waals surface area contributed by atoms with Gasteiger partial charge in [-0.15, -0.1) is 5.12 Å². The van der Waals surface area contributed by atoms with E-state index in [-0.39, 0.29) is 60.3 Å². The highest BCUT2D eigenvalue weighted by Gasteiger charge is 2.49. The minimum Gasteiger partial charge on any atom is -0.326 e. The Morgan fingerprint density at radius 3 is 2.21 bits per heavy atom. The molecule has 2 N–H and O–H groups in total. The number of carbonyl (C=O) groups excluding carboxylic acids is 1. The van der Waals surface area contributed by atoms with Crippen LogP contribution in [-0.2, 0) is 14.8 Å². The van der Waals surface area contributed by atoms with Crippen LogP contribution in [0.1, 0.15) is 25.8 Å². The molecule has 2 atom stereocenters. The number of aliphatic imine (C=N–C) groups is 1. The highest BCUT2D eigenvalue weighted by Crippen LogP contribution is 2.38. The van der Waals surface area contributed by atoms with Gasteiger partial charge in [-0.2, -0.15) is 8.70 Å². The van der Waals surface area contributed by atoms with Gasteiger partial charge in [0.15, 0.2) is 0 Å². The molecule has 2 aromatic rings. The standard InChI is InChI=1S/C26H30F2N6O3S/c1-18-25(20-6-4-3-5-7-20)19(2)34(28)26(27,30-18)31-12-14-32(15-13-31)38(36,37)23-10-8-22(9-11-23)33-17-21(29)16-24(33)35/h3-11,21H,12-17,29H2,1-2H3. The molecule has 1 amide bonds. The van der Waals surface area contributed by atoms with Crippen LogP contribution in [0.25, 0.3) is 5.57 Å². The third-order valence-corrected chi connectivity index (χ3v) is 9.14. The maximum Gasteiger partial charge on any atom is 0.368 e. The number of hydrogen-bond donors (Lipinski definition) is 1. The Labute approximate surface area is 220 Å². The molecule has 0 bridgehead atoms. The molecule has 2 fully saturated rings. The van der Waals surface area contributed by atoms with Crippen LogP contribution in [-0.4, -0.2) is 79.2 Å². The second-order valence-electron chi connectivity index (χ2n) is 9.71. The third-order valence-electron chi connectivity index (χ3n) is 7.22. The largest absolute Gasteiger partial charge is 0.368 e. The number of hydrogen-bond acceptors (Lipinski definition) is 7. The smallest absolute Gasteiger partial charge is 0.326 e. The Morgan fingerprint density at radius 1 is 1.00 bits per heavy atom. The number of sulfonamides is 1. The lowest BCUT2D eigenvalue weighted by atomic mass is 9.98. The Hall–Kier alpha value is -3.19. The van der Waals surface area contributed by atoms with Crippen LogP contribution in [0.4, 0.5) is 14.6 Å². The van der Waals surface area contributed by atoms with Crippen molar-refractivity contribution < 1.29 is 22.1 Å². The van der Waals surface area contributed by atoms with Crippen LogP contribution >= 0.6 is 0 Å². The summed E-state index contributed by atoms with van der Waals surface area (Å²) in [7, 11) is -3.88. The Balaban J connectivity index is 1.29. The predicted octanol–water partition coefficient (Wildman–Crippen LogP) is 2.73. The Bertz CT molecular complexity index is 1390. The van der Waals surface area contributed by atoms with Crippen LogP contribution in [0, 0.1) is 0 Å². The summed E-state index contributed by atoms with van der Waals surface area (Å²) in [6.45, 7) is 3.34. The van der Waals surface area contributed by atoms with Crippen molar-refractivity contribution in [3.63, 3.8) is 0 Å². The predicted molar refractivity (Wildman–Crippen MR) is 141 cm³/mol. The van der Waals surface area contributed by atoms with E-state index in [0.717, 1.165) is 5.56 Å². The quantitative estimate of drug-likeness (QED) is 0.459. The molecule has 3 heterocycles. The first-order chi connectivity index (χ1) is 18.0. The summed E-state index contributed by atoms with van der Waals surface area (Å²) in [4.78, 5) is 19.0. The summed E-state index contributed by atoms with van der Waals surface area (Å²) >= 11 is 0. The van der Waals surface area contributed by atoms with Crippen LogP contribution in [0.5, 0.6) is 0 Å². The number of benzene rings is 2. The molecule has 2 aromatic carbocycles. The number of amides is 1. The molecule has 202 valence electrons. The van der Waals surface area contributed by atoms with Crippen molar-refractivity contribution in [2.24, 2.45) is 10.7 Å². The van der Waals surface area contributed by atoms with Crippen LogP contribution in [0.3, 0.4) is 0 Å². The van der Waals surface area contributed by atoms with Crippen molar-refractivity contribution in [3.05, 3.63) is 65.9 Å². The van der Waals surface area contributed by atoms with E-state index < -0.39 is 16.1 Å². The molecule has 38 heavy (non-hydrogen) atoms. The monoisotopic (exact) mass is 544 g/mol. The first-order valence-electron chi connectivity index (χ1n) is 12.4. The van der Waals surface area contributed by atoms with Crippen LogP contribution < -0.4 is 10.6 Å². The van der Waals surface area contributed by atoms with E-state index in [4.69, 9.17) is 5.73 Å². The number of halogens is 2. The van der Waals surface area contributed by atoms with E-state index in [2.05, 4.69) is 4.99 Å². The summed E-state index contributed by atoms with van der Waals surface area (Å²) in [5.74, 6) is -0.104. The number of carbonyl (C=O) groups is 1. The number of nitrogens with zero attached hydrogens (tertiary/aromatic N) is 5. The molecular weight excluding hydrogens is 514 g/mol. The zero-order valence-electron chi connectivity index (χ0n) is 21.2. The molecular formula is C26H30F2N6O3S. The number of anilines is 1. The van der Waals surface area contributed by atoms with Crippen molar-refractivity contribution in [1.82, 2.24) is 14.3 Å². The van der Waals surface area contributed by atoms with E-state index >= 15 is 8.87 Å². The maximum atomic E-state index is 16.1. The lowest BCUT2D eigenvalue weighted by Crippen LogP contribution is -2.61. The summed E-state index contributed by atoms with van der Waals surface area (Å²) in [6, 6.07) is 12.1. The molecule has 3 aliphatic rings. The van der Waals surface area contributed by atoms with E-state index in [0.29, 0.717) is 23.5 Å². The van der Waals surface area contributed by atoms with Crippen molar-refractivity contribution >= 4 is 32.9 Å². The summed E-state index contributed by atoms with van der Waals surface area (Å²) in [6.07, 6.45) is 0.253. The second kappa shape index (κ2) is 9.84. The number of rotatable bonds is 5. The van der Waals surface area contributed by atoms with Crippen molar-refractivity contribution in [2.45, 2.75) is 37.2 Å². The van der Waals surface area contributed by atoms with Crippen molar-refractivity contribution in [3.8, 4) is 0 Å². The van der Waals surface area contributed by atoms with Gasteiger partial charge in [0, 0.05) is 62.2 Å². The van der Waals surface area contributed by atoms with Gasteiger partial charge in [-0.3, -0.25) is 4.79 Å². The fourth-order valence-corrected chi connectivity index (χ4v) is 6.67. The average molecular weight is 545 g/mol. The van der Waals surface area contributed by atoms with Crippen molar-refractivity contribution in [2.75, 3.05) is 37.6 Å². The molecule has 0 saturated carbocycles. The molecule has 2 unspecified atom stereocenters. The molecule has 9 nitrogen and oxygen atoms in total. The first kappa shape index (κ1) is 26.4. The van der Waals surface area contributed by atoms with E-state index in [9.17, 15) is 13.2 Å². The summed E-state index contributed by atoms with van der Waals surface area (Å²) < 4.78 is 59.3. The fraction of sp³-hybridized carbons (Fsp3) is 0.385. The van der Waals surface area contributed by atoms with Gasteiger partial charge < -0.3 is 10.6 Å². The molecule has 0 aliphatic carbocycles. The topological polar surface area (TPSA) is 103 Å². The number of piperazine rings is 1. The Kier molecular flexibility index (Phi) is 6.84. The van der Waals surface area contributed by atoms with Gasteiger partial charge in [0.2, 0.25) is 15.9 Å². The minimum atomic E-state index is -3.88. The number of allylic oxidation sites excluding steroid dienone is 2. The molecule has 12 heteroatoms. The molecule has 5 rings (SSSR count). The molecule has 0 aromatic heterocycles.